The maximum absolute atomic E-state index is 12.9. The van der Waals surface area contributed by atoms with Gasteiger partial charge in [0.2, 0.25) is 11.8 Å². The van der Waals surface area contributed by atoms with Crippen molar-refractivity contribution in [1.82, 2.24) is 10.2 Å². The van der Waals surface area contributed by atoms with Crippen molar-refractivity contribution in [1.29, 1.82) is 0 Å². The van der Waals surface area contributed by atoms with Crippen LogP contribution >= 0.6 is 11.6 Å². The number of anilines is 1. The number of hydrogen-bond donors (Lipinski definition) is 1. The number of rotatable bonds is 6. The van der Waals surface area contributed by atoms with Crippen LogP contribution in [-0.4, -0.2) is 50.0 Å². The molecule has 2 aromatic carbocycles. The molecular formula is C22H26ClN3O3. The van der Waals surface area contributed by atoms with Crippen LogP contribution in [0.4, 0.5) is 5.69 Å². The van der Waals surface area contributed by atoms with Crippen molar-refractivity contribution in [3.05, 3.63) is 59.1 Å². The second-order valence-corrected chi connectivity index (χ2v) is 7.51. The smallest absolute Gasteiger partial charge is 0.225 e. The molecule has 0 radical (unpaired) electrons. The Kier molecular flexibility index (Phi) is 6.99. The van der Waals surface area contributed by atoms with Gasteiger partial charge in [0, 0.05) is 49.9 Å². The van der Waals surface area contributed by atoms with Crippen molar-refractivity contribution in [3.8, 4) is 5.75 Å². The number of carbonyl (C=O) groups excluding carboxylic acids is 2. The van der Waals surface area contributed by atoms with Gasteiger partial charge >= 0.3 is 0 Å². The number of nitrogens with zero attached hydrogens (tertiary/aromatic N) is 2. The van der Waals surface area contributed by atoms with E-state index in [0.29, 0.717) is 18.1 Å². The first kappa shape index (κ1) is 21.0. The first-order valence-electron chi connectivity index (χ1n) is 9.65. The molecule has 1 unspecified atom stereocenters. The lowest BCUT2D eigenvalue weighted by molar-refractivity contribution is -0.132. The molecule has 1 N–H and O–H groups in total. The maximum Gasteiger partial charge on any atom is 0.225 e. The van der Waals surface area contributed by atoms with Crippen molar-refractivity contribution < 1.29 is 14.3 Å². The highest BCUT2D eigenvalue weighted by Crippen LogP contribution is 2.24. The van der Waals surface area contributed by atoms with E-state index in [1.165, 1.54) is 6.92 Å². The van der Waals surface area contributed by atoms with Crippen LogP contribution in [0.3, 0.4) is 0 Å². The van der Waals surface area contributed by atoms with E-state index in [0.717, 1.165) is 30.1 Å². The van der Waals surface area contributed by atoms with Crippen molar-refractivity contribution in [2.75, 3.05) is 38.2 Å². The molecule has 3 rings (SSSR count). The fourth-order valence-corrected chi connectivity index (χ4v) is 3.64. The standard InChI is InChI=1S/C22H26ClN3O3/c1-16(27)24-21(17-6-8-18(23)9-7-17)15-22(28)26-12-10-25(11-13-26)19-4-3-5-20(14-19)29-2/h3-9,14,21H,10-13,15H2,1-2H3,(H,24,27). The minimum absolute atomic E-state index is 0.0315. The molecule has 0 aromatic heterocycles. The lowest BCUT2D eigenvalue weighted by Gasteiger charge is -2.36. The van der Waals surface area contributed by atoms with Gasteiger partial charge in [-0.05, 0) is 29.8 Å². The summed E-state index contributed by atoms with van der Waals surface area (Å²) < 4.78 is 5.30. The minimum Gasteiger partial charge on any atom is -0.497 e. The van der Waals surface area contributed by atoms with E-state index < -0.39 is 0 Å². The Hall–Kier alpha value is -2.73. The fraction of sp³-hybridized carbons (Fsp3) is 0.364. The molecule has 0 saturated carbocycles. The predicted octanol–water partition coefficient (Wildman–Crippen LogP) is 3.26. The molecule has 2 amide bonds. The Morgan fingerprint density at radius 2 is 1.79 bits per heavy atom. The van der Waals surface area contributed by atoms with Gasteiger partial charge in [0.1, 0.15) is 5.75 Å². The summed E-state index contributed by atoms with van der Waals surface area (Å²) in [5.74, 6) is 0.687. The van der Waals surface area contributed by atoms with Gasteiger partial charge in [-0.25, -0.2) is 0 Å². The van der Waals surface area contributed by atoms with Gasteiger partial charge in [-0.1, -0.05) is 29.8 Å². The first-order chi connectivity index (χ1) is 14.0. The molecule has 1 atom stereocenters. The second kappa shape index (κ2) is 9.65. The van der Waals surface area contributed by atoms with E-state index in [1.54, 1.807) is 19.2 Å². The molecular weight excluding hydrogens is 390 g/mol. The van der Waals surface area contributed by atoms with Crippen LogP contribution in [-0.2, 0) is 9.59 Å². The molecule has 1 aliphatic heterocycles. The van der Waals surface area contributed by atoms with Crippen LogP contribution in [0.5, 0.6) is 5.75 Å². The number of benzene rings is 2. The summed E-state index contributed by atoms with van der Waals surface area (Å²) in [6.45, 7) is 4.25. The molecule has 0 spiro atoms. The summed E-state index contributed by atoms with van der Waals surface area (Å²) in [7, 11) is 1.65. The van der Waals surface area contributed by atoms with E-state index in [4.69, 9.17) is 16.3 Å². The maximum atomic E-state index is 12.9. The van der Waals surface area contributed by atoms with Crippen molar-refractivity contribution in [2.45, 2.75) is 19.4 Å². The molecule has 0 bridgehead atoms. The summed E-state index contributed by atoms with van der Waals surface area (Å²) in [5, 5.41) is 3.50. The predicted molar refractivity (Wildman–Crippen MR) is 114 cm³/mol. The lowest BCUT2D eigenvalue weighted by atomic mass is 10.0. The van der Waals surface area contributed by atoms with Crippen molar-refractivity contribution in [3.63, 3.8) is 0 Å². The fourth-order valence-electron chi connectivity index (χ4n) is 3.52. The van der Waals surface area contributed by atoms with Crippen LogP contribution in [0, 0.1) is 0 Å². The topological polar surface area (TPSA) is 61.9 Å². The number of hydrogen-bond acceptors (Lipinski definition) is 4. The Balaban J connectivity index is 1.61. The summed E-state index contributed by atoms with van der Waals surface area (Å²) in [6.07, 6.45) is 0.223. The van der Waals surface area contributed by atoms with Crippen LogP contribution in [0.15, 0.2) is 48.5 Å². The molecule has 1 heterocycles. The Morgan fingerprint density at radius 1 is 1.10 bits per heavy atom. The van der Waals surface area contributed by atoms with Gasteiger partial charge in [-0.15, -0.1) is 0 Å². The third-order valence-corrected chi connectivity index (χ3v) is 5.33. The van der Waals surface area contributed by atoms with E-state index in [-0.39, 0.29) is 24.3 Å². The number of ether oxygens (including phenoxy) is 1. The molecule has 154 valence electrons. The average molecular weight is 416 g/mol. The molecule has 1 fully saturated rings. The zero-order valence-corrected chi connectivity index (χ0v) is 17.5. The highest BCUT2D eigenvalue weighted by atomic mass is 35.5. The highest BCUT2D eigenvalue weighted by molar-refractivity contribution is 6.30. The third kappa shape index (κ3) is 5.64. The van der Waals surface area contributed by atoms with Crippen LogP contribution in [0.1, 0.15) is 24.9 Å². The summed E-state index contributed by atoms with van der Waals surface area (Å²) in [4.78, 5) is 28.6. The summed E-state index contributed by atoms with van der Waals surface area (Å²) in [6, 6.07) is 14.8. The molecule has 2 aromatic rings. The van der Waals surface area contributed by atoms with Gasteiger partial charge in [0.15, 0.2) is 0 Å². The first-order valence-corrected chi connectivity index (χ1v) is 10.0. The van der Waals surface area contributed by atoms with Crippen molar-refractivity contribution >= 4 is 29.1 Å². The SMILES string of the molecule is COc1cccc(N2CCN(C(=O)CC(NC(C)=O)c3ccc(Cl)cc3)CC2)c1. The number of nitrogens with one attached hydrogen (secondary N) is 1. The Bertz CT molecular complexity index is 849. The zero-order valence-electron chi connectivity index (χ0n) is 16.7. The molecule has 0 aliphatic carbocycles. The molecule has 7 heteroatoms. The van der Waals surface area contributed by atoms with E-state index in [1.807, 2.05) is 41.3 Å². The number of amides is 2. The highest BCUT2D eigenvalue weighted by Gasteiger charge is 2.25. The summed E-state index contributed by atoms with van der Waals surface area (Å²) in [5.41, 5.74) is 1.96. The van der Waals surface area contributed by atoms with Crippen molar-refractivity contribution in [2.24, 2.45) is 0 Å². The number of methoxy groups -OCH3 is 1. The Labute approximate surface area is 176 Å². The van der Waals surface area contributed by atoms with E-state index in [9.17, 15) is 9.59 Å². The largest absolute Gasteiger partial charge is 0.497 e. The van der Waals surface area contributed by atoms with Gasteiger partial charge in [0.05, 0.1) is 19.6 Å². The molecule has 1 saturated heterocycles. The summed E-state index contributed by atoms with van der Waals surface area (Å²) >= 11 is 5.96. The number of halogens is 1. The van der Waals surface area contributed by atoms with E-state index in [2.05, 4.69) is 10.2 Å². The normalized spacial score (nSPS) is 15.0. The van der Waals surface area contributed by atoms with Gasteiger partial charge in [-0.2, -0.15) is 0 Å². The number of carbonyl (C=O) groups is 2. The van der Waals surface area contributed by atoms with Crippen LogP contribution < -0.4 is 15.0 Å². The van der Waals surface area contributed by atoms with E-state index >= 15 is 0 Å². The third-order valence-electron chi connectivity index (χ3n) is 5.08. The average Bonchev–Trinajstić information content (AvgIpc) is 2.73. The second-order valence-electron chi connectivity index (χ2n) is 7.08. The zero-order chi connectivity index (χ0) is 20.8. The molecule has 6 nitrogen and oxygen atoms in total. The lowest BCUT2D eigenvalue weighted by Crippen LogP contribution is -2.49. The Morgan fingerprint density at radius 3 is 2.41 bits per heavy atom. The number of piperazine rings is 1. The molecule has 29 heavy (non-hydrogen) atoms. The molecule has 1 aliphatic rings. The van der Waals surface area contributed by atoms with Gasteiger partial charge < -0.3 is 19.9 Å². The quantitative estimate of drug-likeness (QED) is 0.786. The van der Waals surface area contributed by atoms with Gasteiger partial charge in [0.25, 0.3) is 0 Å². The minimum atomic E-state index is -0.367. The van der Waals surface area contributed by atoms with Crippen LogP contribution in [0.2, 0.25) is 5.02 Å². The van der Waals surface area contributed by atoms with Crippen LogP contribution in [0.25, 0.3) is 0 Å². The van der Waals surface area contributed by atoms with Gasteiger partial charge in [-0.3, -0.25) is 9.59 Å². The monoisotopic (exact) mass is 415 g/mol.